The van der Waals surface area contributed by atoms with Crippen LogP contribution in [-0.2, 0) is 6.18 Å². The molecular weight excluding hydrogens is 387 g/mol. The molecule has 0 unspecified atom stereocenters. The minimum Gasteiger partial charge on any atom is -0.341 e. The zero-order valence-electron chi connectivity index (χ0n) is 15.9. The molecule has 0 aliphatic rings. The van der Waals surface area contributed by atoms with Crippen LogP contribution in [-0.4, -0.2) is 28.7 Å². The molecule has 0 saturated heterocycles. The van der Waals surface area contributed by atoms with Gasteiger partial charge in [0.05, 0.1) is 23.4 Å². The smallest absolute Gasteiger partial charge is 0.341 e. The number of hydrogen-bond donors (Lipinski definition) is 1. The summed E-state index contributed by atoms with van der Waals surface area (Å²) in [5, 5.41) is 3.23. The number of nitrogens with one attached hydrogen (secondary N) is 1. The van der Waals surface area contributed by atoms with Crippen LogP contribution >= 0.6 is 11.8 Å². The van der Waals surface area contributed by atoms with Crippen molar-refractivity contribution in [2.75, 3.05) is 12.8 Å². The molecule has 8 heteroatoms. The topological polar surface area (TPSA) is 54.9 Å². The Balaban J connectivity index is 2.11. The molecule has 1 amide bonds. The van der Waals surface area contributed by atoms with E-state index in [1.807, 2.05) is 20.1 Å². The van der Waals surface area contributed by atoms with Gasteiger partial charge in [-0.3, -0.25) is 4.79 Å². The number of thioether (sulfide) groups is 1. The summed E-state index contributed by atoms with van der Waals surface area (Å²) in [6, 6.07) is 4.75. The van der Waals surface area contributed by atoms with Crippen molar-refractivity contribution in [3.05, 3.63) is 52.5 Å². The summed E-state index contributed by atoms with van der Waals surface area (Å²) < 4.78 is 38.2. The lowest BCUT2D eigenvalue weighted by Gasteiger charge is -2.12. The molecule has 0 spiro atoms. The van der Waals surface area contributed by atoms with Crippen molar-refractivity contribution < 1.29 is 18.0 Å². The summed E-state index contributed by atoms with van der Waals surface area (Å²) in [6.07, 6.45) is -2.59. The van der Waals surface area contributed by atoms with E-state index in [2.05, 4.69) is 27.1 Å². The van der Waals surface area contributed by atoms with Gasteiger partial charge in [-0.25, -0.2) is 9.97 Å². The van der Waals surface area contributed by atoms with E-state index in [0.717, 1.165) is 12.1 Å². The normalized spacial score (nSPS) is 11.1. The maximum absolute atomic E-state index is 12.7. The molecule has 0 fully saturated rings. The molecule has 1 N–H and O–H groups in total. The summed E-state index contributed by atoms with van der Waals surface area (Å²) in [6.45, 7) is 5.69. The van der Waals surface area contributed by atoms with Crippen molar-refractivity contribution in [2.45, 2.75) is 37.9 Å². The largest absolute Gasteiger partial charge is 0.416 e. The number of benzene rings is 1. The van der Waals surface area contributed by atoms with Gasteiger partial charge in [-0.15, -0.1) is 11.8 Å². The molecular formula is C20H20F3N3OS. The zero-order valence-corrected chi connectivity index (χ0v) is 16.8. The van der Waals surface area contributed by atoms with Crippen LogP contribution < -0.4 is 5.32 Å². The van der Waals surface area contributed by atoms with Crippen molar-refractivity contribution in [1.82, 2.24) is 15.3 Å². The molecule has 2 rings (SSSR count). The molecule has 0 saturated carbocycles. The van der Waals surface area contributed by atoms with Crippen LogP contribution in [0.1, 0.15) is 52.8 Å². The summed E-state index contributed by atoms with van der Waals surface area (Å²) in [7, 11) is 0. The van der Waals surface area contributed by atoms with E-state index in [9.17, 15) is 18.0 Å². The number of hydrogen-bond acceptors (Lipinski definition) is 4. The fourth-order valence-electron chi connectivity index (χ4n) is 2.37. The van der Waals surface area contributed by atoms with Gasteiger partial charge in [0.2, 0.25) is 0 Å². The van der Waals surface area contributed by atoms with E-state index in [1.165, 1.54) is 23.9 Å². The lowest BCUT2D eigenvalue weighted by atomic mass is 10.1. The van der Waals surface area contributed by atoms with E-state index >= 15 is 0 Å². The Bertz CT molecular complexity index is 931. The second-order valence-corrected chi connectivity index (χ2v) is 7.06. The summed E-state index contributed by atoms with van der Waals surface area (Å²) in [5.41, 5.74) is 0.435. The number of amides is 1. The highest BCUT2D eigenvalue weighted by Crippen LogP contribution is 2.29. The van der Waals surface area contributed by atoms with Gasteiger partial charge in [-0.2, -0.15) is 13.2 Å². The molecule has 4 nitrogen and oxygen atoms in total. The van der Waals surface area contributed by atoms with Gasteiger partial charge >= 0.3 is 6.18 Å². The Hall–Kier alpha value is -2.53. The molecule has 0 aliphatic heterocycles. The highest BCUT2D eigenvalue weighted by atomic mass is 32.2. The number of aryl methyl sites for hydroxylation is 1. The van der Waals surface area contributed by atoms with Crippen molar-refractivity contribution >= 4 is 17.7 Å². The number of carbonyl (C=O) groups is 1. The summed E-state index contributed by atoms with van der Waals surface area (Å²) >= 11 is 1.35. The van der Waals surface area contributed by atoms with Crippen molar-refractivity contribution in [3.8, 4) is 11.8 Å². The molecule has 148 valence electrons. The van der Waals surface area contributed by atoms with Gasteiger partial charge in [0.1, 0.15) is 10.9 Å². The Kier molecular flexibility index (Phi) is 7.08. The van der Waals surface area contributed by atoms with Crippen LogP contribution in [0.5, 0.6) is 0 Å². The zero-order chi connectivity index (χ0) is 20.9. The van der Waals surface area contributed by atoms with Crippen LogP contribution in [0.3, 0.4) is 0 Å². The van der Waals surface area contributed by atoms with Crippen LogP contribution in [0.25, 0.3) is 0 Å². The van der Waals surface area contributed by atoms with Gasteiger partial charge in [-0.05, 0) is 31.4 Å². The predicted molar refractivity (Wildman–Crippen MR) is 103 cm³/mol. The highest BCUT2D eigenvalue weighted by Gasteiger charge is 2.30. The maximum Gasteiger partial charge on any atom is 0.416 e. The number of alkyl halides is 3. The number of carbonyl (C=O) groups excluding carboxylic acids is 1. The average molecular weight is 407 g/mol. The molecule has 0 atom stereocenters. The van der Waals surface area contributed by atoms with Crippen molar-refractivity contribution in [2.24, 2.45) is 0 Å². The van der Waals surface area contributed by atoms with E-state index in [-0.39, 0.29) is 23.9 Å². The van der Waals surface area contributed by atoms with Crippen LogP contribution in [0, 0.1) is 18.8 Å². The third-order valence-corrected chi connectivity index (χ3v) is 4.45. The van der Waals surface area contributed by atoms with Gasteiger partial charge < -0.3 is 5.32 Å². The minimum absolute atomic E-state index is 0.00568. The van der Waals surface area contributed by atoms with Crippen LogP contribution in [0.2, 0.25) is 0 Å². The Morgan fingerprint density at radius 3 is 2.61 bits per heavy atom. The number of rotatable bonds is 4. The van der Waals surface area contributed by atoms with Crippen LogP contribution in [0.15, 0.2) is 29.3 Å². The van der Waals surface area contributed by atoms with Gasteiger partial charge in [-0.1, -0.05) is 31.8 Å². The molecule has 0 bridgehead atoms. The van der Waals surface area contributed by atoms with E-state index in [4.69, 9.17) is 0 Å². The maximum atomic E-state index is 12.7. The molecule has 1 aromatic carbocycles. The first-order valence-corrected chi connectivity index (χ1v) is 9.72. The van der Waals surface area contributed by atoms with E-state index in [1.54, 1.807) is 6.92 Å². The fourth-order valence-corrected chi connectivity index (χ4v) is 3.00. The SMILES string of the molecule is CSc1nc(C(C)C)nc(C)c1C(=O)NCC#Cc1cccc(C(F)(F)F)c1. The van der Waals surface area contributed by atoms with Gasteiger partial charge in [0.15, 0.2) is 0 Å². The summed E-state index contributed by atoms with van der Waals surface area (Å²) in [4.78, 5) is 21.3. The lowest BCUT2D eigenvalue weighted by molar-refractivity contribution is -0.137. The highest BCUT2D eigenvalue weighted by molar-refractivity contribution is 7.98. The second kappa shape index (κ2) is 9.11. The fraction of sp³-hybridized carbons (Fsp3) is 0.350. The van der Waals surface area contributed by atoms with Crippen molar-refractivity contribution in [1.29, 1.82) is 0 Å². The molecule has 1 heterocycles. The Labute approximate surface area is 166 Å². The van der Waals surface area contributed by atoms with Crippen molar-refractivity contribution in [3.63, 3.8) is 0 Å². The predicted octanol–water partition coefficient (Wildman–Crippen LogP) is 4.43. The standard InChI is InChI=1S/C20H20F3N3OS/c1-12(2)17-25-13(3)16(19(26-17)28-4)18(27)24-10-6-8-14-7-5-9-15(11-14)20(21,22)23/h5,7,9,11-12H,10H2,1-4H3,(H,24,27). The van der Waals surface area contributed by atoms with E-state index < -0.39 is 11.7 Å². The monoisotopic (exact) mass is 407 g/mol. The first-order valence-electron chi connectivity index (χ1n) is 8.50. The lowest BCUT2D eigenvalue weighted by Crippen LogP contribution is -2.26. The van der Waals surface area contributed by atoms with E-state index in [0.29, 0.717) is 22.1 Å². The third-order valence-electron chi connectivity index (χ3n) is 3.77. The first kappa shape index (κ1) is 21.8. The second-order valence-electron chi connectivity index (χ2n) is 6.27. The molecule has 0 radical (unpaired) electrons. The quantitative estimate of drug-likeness (QED) is 0.463. The summed E-state index contributed by atoms with van der Waals surface area (Å²) in [5.74, 6) is 5.74. The van der Waals surface area contributed by atoms with Gasteiger partial charge in [0, 0.05) is 11.5 Å². The first-order chi connectivity index (χ1) is 13.1. The Morgan fingerprint density at radius 2 is 2.00 bits per heavy atom. The molecule has 28 heavy (non-hydrogen) atoms. The third kappa shape index (κ3) is 5.49. The molecule has 1 aromatic heterocycles. The Morgan fingerprint density at radius 1 is 1.29 bits per heavy atom. The molecule has 2 aromatic rings. The van der Waals surface area contributed by atoms with Crippen LogP contribution in [0.4, 0.5) is 13.2 Å². The molecule has 0 aliphatic carbocycles. The number of aromatic nitrogens is 2. The number of nitrogens with zero attached hydrogens (tertiary/aromatic N) is 2. The van der Waals surface area contributed by atoms with Gasteiger partial charge in [0.25, 0.3) is 5.91 Å². The number of halogens is 3. The minimum atomic E-state index is -4.42. The average Bonchev–Trinajstić information content (AvgIpc) is 2.63.